The van der Waals surface area contributed by atoms with Crippen LogP contribution in [0.25, 0.3) is 0 Å². The fourth-order valence-electron chi connectivity index (χ4n) is 1.34. The molecule has 1 rings (SSSR count). The summed E-state index contributed by atoms with van der Waals surface area (Å²) in [6.45, 7) is 7.80. The van der Waals surface area contributed by atoms with Gasteiger partial charge < -0.3 is 10.5 Å². The molecule has 0 saturated carbocycles. The summed E-state index contributed by atoms with van der Waals surface area (Å²) < 4.78 is 5.28. The molecule has 1 unspecified atom stereocenters. The predicted octanol–water partition coefficient (Wildman–Crippen LogP) is 2.58. The van der Waals surface area contributed by atoms with E-state index in [2.05, 4.69) is 6.58 Å². The molecule has 0 aliphatic rings. The Bertz CT molecular complexity index is 344. The van der Waals surface area contributed by atoms with Crippen LogP contribution in [0.3, 0.4) is 0 Å². The summed E-state index contributed by atoms with van der Waals surface area (Å²) in [5, 5.41) is 0. The zero-order chi connectivity index (χ0) is 10.7. The largest absolute Gasteiger partial charge is 0.496 e. The van der Waals surface area contributed by atoms with Crippen molar-refractivity contribution in [2.75, 3.05) is 7.11 Å². The van der Waals surface area contributed by atoms with Gasteiger partial charge in [0.15, 0.2) is 0 Å². The molecule has 0 bridgehead atoms. The van der Waals surface area contributed by atoms with Gasteiger partial charge in [-0.25, -0.2) is 0 Å². The van der Waals surface area contributed by atoms with Crippen molar-refractivity contribution in [3.63, 3.8) is 0 Å². The normalized spacial score (nSPS) is 12.3. The lowest BCUT2D eigenvalue weighted by molar-refractivity contribution is 0.407. The zero-order valence-corrected chi connectivity index (χ0v) is 9.00. The molecule has 2 nitrogen and oxygen atoms in total. The van der Waals surface area contributed by atoms with Gasteiger partial charge in [-0.05, 0) is 25.5 Å². The van der Waals surface area contributed by atoms with Gasteiger partial charge in [0, 0.05) is 5.56 Å². The lowest BCUT2D eigenvalue weighted by atomic mass is 10.00. The molecule has 76 valence electrons. The Morgan fingerprint density at radius 1 is 1.50 bits per heavy atom. The molecule has 2 N–H and O–H groups in total. The second kappa shape index (κ2) is 4.29. The lowest BCUT2D eigenvalue weighted by Crippen LogP contribution is -2.12. The average Bonchev–Trinajstić information content (AvgIpc) is 2.16. The van der Waals surface area contributed by atoms with Crippen LogP contribution in [0.2, 0.25) is 0 Å². The average molecular weight is 191 g/mol. The third-order valence-electron chi connectivity index (χ3n) is 2.25. The highest BCUT2D eigenvalue weighted by molar-refractivity contribution is 5.41. The monoisotopic (exact) mass is 191 g/mol. The molecule has 0 fully saturated rings. The van der Waals surface area contributed by atoms with Crippen LogP contribution < -0.4 is 10.5 Å². The molecular formula is C12H17NO. The van der Waals surface area contributed by atoms with E-state index in [1.165, 1.54) is 5.56 Å². The number of nitrogens with two attached hydrogens (primary N) is 1. The fourth-order valence-corrected chi connectivity index (χ4v) is 1.34. The summed E-state index contributed by atoms with van der Waals surface area (Å²) in [5.41, 5.74) is 9.08. The van der Waals surface area contributed by atoms with Gasteiger partial charge in [-0.1, -0.05) is 24.3 Å². The van der Waals surface area contributed by atoms with Crippen LogP contribution in [0.4, 0.5) is 0 Å². The van der Waals surface area contributed by atoms with Crippen LogP contribution in [0.15, 0.2) is 30.4 Å². The van der Waals surface area contributed by atoms with E-state index in [4.69, 9.17) is 10.5 Å². The lowest BCUT2D eigenvalue weighted by Gasteiger charge is -2.16. The van der Waals surface area contributed by atoms with Gasteiger partial charge in [0.2, 0.25) is 0 Å². The minimum Gasteiger partial charge on any atom is -0.496 e. The van der Waals surface area contributed by atoms with Crippen LogP contribution in [-0.2, 0) is 0 Å². The maximum atomic E-state index is 5.98. The zero-order valence-electron chi connectivity index (χ0n) is 9.00. The van der Waals surface area contributed by atoms with Gasteiger partial charge in [-0.3, -0.25) is 0 Å². The minimum absolute atomic E-state index is 0.148. The maximum Gasteiger partial charge on any atom is 0.124 e. The molecule has 1 atom stereocenters. The van der Waals surface area contributed by atoms with Gasteiger partial charge in [0.05, 0.1) is 13.2 Å². The third kappa shape index (κ3) is 2.15. The quantitative estimate of drug-likeness (QED) is 0.745. The highest BCUT2D eigenvalue weighted by Gasteiger charge is 2.11. The summed E-state index contributed by atoms with van der Waals surface area (Å²) in [7, 11) is 1.66. The maximum absolute atomic E-state index is 5.98. The van der Waals surface area contributed by atoms with Crippen LogP contribution in [0, 0.1) is 6.92 Å². The standard InChI is InChI=1S/C12H17NO/c1-8(2)12(13)10-6-5-9(3)7-11(10)14-4/h5-7,12H,1,13H2,2-4H3. The summed E-state index contributed by atoms with van der Waals surface area (Å²) in [4.78, 5) is 0. The first-order valence-corrected chi connectivity index (χ1v) is 4.61. The Hall–Kier alpha value is -1.28. The molecule has 1 aromatic rings. The Morgan fingerprint density at radius 2 is 2.14 bits per heavy atom. The Morgan fingerprint density at radius 3 is 2.64 bits per heavy atom. The Labute approximate surface area is 85.4 Å². The van der Waals surface area contributed by atoms with E-state index in [1.807, 2.05) is 32.0 Å². The van der Waals surface area contributed by atoms with Crippen LogP contribution in [-0.4, -0.2) is 7.11 Å². The Kier molecular flexibility index (Phi) is 3.31. The minimum atomic E-state index is -0.148. The van der Waals surface area contributed by atoms with Gasteiger partial charge in [0.1, 0.15) is 5.75 Å². The van der Waals surface area contributed by atoms with E-state index >= 15 is 0 Å². The number of ether oxygens (including phenoxy) is 1. The molecule has 0 aliphatic heterocycles. The van der Waals surface area contributed by atoms with Crippen molar-refractivity contribution >= 4 is 0 Å². The molecule has 0 aliphatic carbocycles. The molecule has 0 radical (unpaired) electrons. The first-order valence-electron chi connectivity index (χ1n) is 4.61. The number of aryl methyl sites for hydroxylation is 1. The van der Waals surface area contributed by atoms with E-state index in [0.29, 0.717) is 0 Å². The van der Waals surface area contributed by atoms with E-state index in [-0.39, 0.29) is 6.04 Å². The van der Waals surface area contributed by atoms with Crippen molar-refractivity contribution in [3.05, 3.63) is 41.5 Å². The second-order valence-electron chi connectivity index (χ2n) is 3.57. The molecule has 14 heavy (non-hydrogen) atoms. The van der Waals surface area contributed by atoms with E-state index in [0.717, 1.165) is 16.9 Å². The van der Waals surface area contributed by atoms with Crippen LogP contribution in [0.5, 0.6) is 5.75 Å². The summed E-state index contributed by atoms with van der Waals surface area (Å²) >= 11 is 0. The van der Waals surface area contributed by atoms with Crippen molar-refractivity contribution in [3.8, 4) is 5.75 Å². The van der Waals surface area contributed by atoms with Crippen molar-refractivity contribution < 1.29 is 4.74 Å². The number of hydrogen-bond acceptors (Lipinski definition) is 2. The number of methoxy groups -OCH3 is 1. The van der Waals surface area contributed by atoms with Crippen LogP contribution >= 0.6 is 0 Å². The van der Waals surface area contributed by atoms with Crippen molar-refractivity contribution in [1.29, 1.82) is 0 Å². The molecule has 0 amide bonds. The summed E-state index contributed by atoms with van der Waals surface area (Å²) in [5.74, 6) is 0.834. The highest BCUT2D eigenvalue weighted by atomic mass is 16.5. The molecule has 2 heteroatoms. The van der Waals surface area contributed by atoms with E-state index in [9.17, 15) is 0 Å². The van der Waals surface area contributed by atoms with Gasteiger partial charge in [-0.15, -0.1) is 0 Å². The van der Waals surface area contributed by atoms with Crippen LogP contribution in [0.1, 0.15) is 24.1 Å². The molecule has 0 spiro atoms. The molecule has 1 aromatic carbocycles. The van der Waals surface area contributed by atoms with Crippen molar-refractivity contribution in [2.45, 2.75) is 19.9 Å². The van der Waals surface area contributed by atoms with Gasteiger partial charge >= 0.3 is 0 Å². The summed E-state index contributed by atoms with van der Waals surface area (Å²) in [6, 6.07) is 5.86. The number of rotatable bonds is 3. The number of hydrogen-bond donors (Lipinski definition) is 1. The predicted molar refractivity (Wildman–Crippen MR) is 59.5 cm³/mol. The van der Waals surface area contributed by atoms with Gasteiger partial charge in [0.25, 0.3) is 0 Å². The third-order valence-corrected chi connectivity index (χ3v) is 2.25. The fraction of sp³-hybridized carbons (Fsp3) is 0.333. The first kappa shape index (κ1) is 10.8. The molecular weight excluding hydrogens is 174 g/mol. The topological polar surface area (TPSA) is 35.2 Å². The van der Waals surface area contributed by atoms with Crippen molar-refractivity contribution in [1.82, 2.24) is 0 Å². The van der Waals surface area contributed by atoms with Gasteiger partial charge in [-0.2, -0.15) is 0 Å². The summed E-state index contributed by atoms with van der Waals surface area (Å²) in [6.07, 6.45) is 0. The SMILES string of the molecule is C=C(C)C(N)c1ccc(C)cc1OC. The molecule has 0 heterocycles. The molecule has 0 saturated heterocycles. The van der Waals surface area contributed by atoms with E-state index in [1.54, 1.807) is 7.11 Å². The number of benzene rings is 1. The second-order valence-corrected chi connectivity index (χ2v) is 3.57. The Balaban J connectivity index is 3.13. The molecule has 0 aromatic heterocycles. The van der Waals surface area contributed by atoms with E-state index < -0.39 is 0 Å². The smallest absolute Gasteiger partial charge is 0.124 e. The van der Waals surface area contributed by atoms with Crippen molar-refractivity contribution in [2.24, 2.45) is 5.73 Å². The highest BCUT2D eigenvalue weighted by Crippen LogP contribution is 2.28. The first-order chi connectivity index (χ1) is 6.56.